The highest BCUT2D eigenvalue weighted by Crippen LogP contribution is 2.27. The Hall–Kier alpha value is -1.88. The number of para-hydroxylation sites is 1. The minimum Gasteiger partial charge on any atom is -0.326 e. The van der Waals surface area contributed by atoms with Gasteiger partial charge in [-0.05, 0) is 31.4 Å². The molecule has 1 aromatic rings. The highest BCUT2D eigenvalue weighted by molar-refractivity contribution is 5.95. The van der Waals surface area contributed by atoms with E-state index in [-0.39, 0.29) is 17.7 Å². The van der Waals surface area contributed by atoms with Crippen LogP contribution < -0.4 is 10.8 Å². The molecule has 2 rings (SSSR count). The average molecular weight is 262 g/mol. The van der Waals surface area contributed by atoms with Gasteiger partial charge in [0.1, 0.15) is 0 Å². The summed E-state index contributed by atoms with van der Waals surface area (Å²) < 4.78 is 0. The maximum atomic E-state index is 11.9. The van der Waals surface area contributed by atoms with Crippen molar-refractivity contribution < 1.29 is 14.4 Å². The lowest BCUT2D eigenvalue weighted by Gasteiger charge is -2.24. The normalized spacial score (nSPS) is 17.5. The van der Waals surface area contributed by atoms with Gasteiger partial charge in [0.25, 0.3) is 0 Å². The van der Waals surface area contributed by atoms with Gasteiger partial charge in [0.15, 0.2) is 0 Å². The minimum absolute atomic E-state index is 0.0112. The summed E-state index contributed by atoms with van der Waals surface area (Å²) in [6, 6.07) is 7.75. The first kappa shape index (κ1) is 13.5. The highest BCUT2D eigenvalue weighted by Gasteiger charge is 2.26. The molecule has 0 saturated carbocycles. The molecule has 2 amide bonds. The lowest BCUT2D eigenvalue weighted by Crippen LogP contribution is -2.31. The van der Waals surface area contributed by atoms with E-state index in [1.807, 2.05) is 24.3 Å². The SMILES string of the molecule is CCONC(=O)CC[C@@H]1Cc2ccccc2NC1=O. The first-order valence-electron chi connectivity index (χ1n) is 6.50. The summed E-state index contributed by atoms with van der Waals surface area (Å²) in [6.07, 6.45) is 1.50. The zero-order valence-electron chi connectivity index (χ0n) is 10.9. The van der Waals surface area contributed by atoms with Crippen LogP contribution >= 0.6 is 0 Å². The Morgan fingerprint density at radius 1 is 1.47 bits per heavy atom. The maximum Gasteiger partial charge on any atom is 0.243 e. The summed E-state index contributed by atoms with van der Waals surface area (Å²) in [5.74, 6) is -0.348. The molecule has 0 fully saturated rings. The molecule has 1 atom stereocenters. The van der Waals surface area contributed by atoms with Gasteiger partial charge < -0.3 is 5.32 Å². The van der Waals surface area contributed by atoms with Gasteiger partial charge in [-0.2, -0.15) is 0 Å². The van der Waals surface area contributed by atoms with Crippen molar-refractivity contribution in [2.75, 3.05) is 11.9 Å². The zero-order chi connectivity index (χ0) is 13.7. The molecule has 2 N–H and O–H groups in total. The number of benzene rings is 1. The topological polar surface area (TPSA) is 67.4 Å². The molecule has 19 heavy (non-hydrogen) atoms. The van der Waals surface area contributed by atoms with Crippen molar-refractivity contribution in [2.24, 2.45) is 5.92 Å². The molecule has 0 unspecified atom stereocenters. The van der Waals surface area contributed by atoms with Gasteiger partial charge in [-0.25, -0.2) is 5.48 Å². The van der Waals surface area contributed by atoms with Gasteiger partial charge in [-0.3, -0.25) is 14.4 Å². The standard InChI is InChI=1S/C14H18N2O3/c1-2-19-16-13(17)8-7-11-9-10-5-3-4-6-12(10)15-14(11)18/h3-6,11H,2,7-9H2,1H3,(H,15,18)(H,16,17)/t11-/m1/s1. The van der Waals surface area contributed by atoms with Gasteiger partial charge in [0, 0.05) is 18.0 Å². The molecule has 0 aromatic heterocycles. The summed E-state index contributed by atoms with van der Waals surface area (Å²) in [7, 11) is 0. The number of hydrogen-bond acceptors (Lipinski definition) is 3. The van der Waals surface area contributed by atoms with Crippen LogP contribution in [0.3, 0.4) is 0 Å². The predicted octanol–water partition coefficient (Wildman–Crippen LogP) is 1.65. The van der Waals surface area contributed by atoms with Gasteiger partial charge in [-0.1, -0.05) is 18.2 Å². The fraction of sp³-hybridized carbons (Fsp3) is 0.429. The number of carbonyl (C=O) groups is 2. The smallest absolute Gasteiger partial charge is 0.243 e. The highest BCUT2D eigenvalue weighted by atomic mass is 16.6. The number of anilines is 1. The Bertz CT molecular complexity index is 474. The number of amides is 2. The van der Waals surface area contributed by atoms with Gasteiger partial charge in [0.05, 0.1) is 6.61 Å². The third-order valence-corrected chi connectivity index (χ3v) is 3.16. The lowest BCUT2D eigenvalue weighted by atomic mass is 9.90. The van der Waals surface area contributed by atoms with Crippen molar-refractivity contribution in [3.8, 4) is 0 Å². The van der Waals surface area contributed by atoms with Gasteiger partial charge >= 0.3 is 0 Å². The average Bonchev–Trinajstić information content (AvgIpc) is 2.42. The first-order valence-corrected chi connectivity index (χ1v) is 6.50. The van der Waals surface area contributed by atoms with E-state index in [1.54, 1.807) is 6.92 Å². The van der Waals surface area contributed by atoms with Crippen LogP contribution in [0.1, 0.15) is 25.3 Å². The number of rotatable bonds is 5. The maximum absolute atomic E-state index is 11.9. The Morgan fingerprint density at radius 2 is 2.26 bits per heavy atom. The second-order valence-corrected chi connectivity index (χ2v) is 4.54. The van der Waals surface area contributed by atoms with Crippen LogP contribution in [-0.2, 0) is 20.8 Å². The summed E-state index contributed by atoms with van der Waals surface area (Å²) >= 11 is 0. The van der Waals surface area contributed by atoms with E-state index in [0.29, 0.717) is 25.9 Å². The molecule has 0 aliphatic carbocycles. The molecule has 0 saturated heterocycles. The van der Waals surface area contributed by atoms with Crippen LogP contribution in [0, 0.1) is 5.92 Å². The van der Waals surface area contributed by atoms with Crippen molar-refractivity contribution >= 4 is 17.5 Å². The van der Waals surface area contributed by atoms with Crippen LogP contribution in [0.25, 0.3) is 0 Å². The molecular formula is C14H18N2O3. The first-order chi connectivity index (χ1) is 9.20. The Labute approximate surface area is 112 Å². The second kappa shape index (κ2) is 6.33. The van der Waals surface area contributed by atoms with Gasteiger partial charge in [0.2, 0.25) is 11.8 Å². The lowest BCUT2D eigenvalue weighted by molar-refractivity contribution is -0.133. The summed E-state index contributed by atoms with van der Waals surface area (Å²) in [5.41, 5.74) is 4.34. The van der Waals surface area contributed by atoms with Crippen LogP contribution in [0.15, 0.2) is 24.3 Å². The Balaban J connectivity index is 1.89. The third kappa shape index (κ3) is 3.54. The molecule has 5 heteroatoms. The molecule has 102 valence electrons. The van der Waals surface area contributed by atoms with Crippen LogP contribution in [0.5, 0.6) is 0 Å². The van der Waals surface area contributed by atoms with E-state index >= 15 is 0 Å². The third-order valence-electron chi connectivity index (χ3n) is 3.16. The monoisotopic (exact) mass is 262 g/mol. The summed E-state index contributed by atoms with van der Waals surface area (Å²) in [6.45, 7) is 2.23. The molecule has 1 aliphatic heterocycles. The number of fused-ring (bicyclic) bond motifs is 1. The molecule has 1 aromatic carbocycles. The molecule has 1 aliphatic rings. The van der Waals surface area contributed by atoms with Crippen molar-refractivity contribution in [1.82, 2.24) is 5.48 Å². The quantitative estimate of drug-likeness (QED) is 0.793. The number of hydrogen-bond donors (Lipinski definition) is 2. The summed E-state index contributed by atoms with van der Waals surface area (Å²) in [5, 5.41) is 2.87. The Morgan fingerprint density at radius 3 is 3.05 bits per heavy atom. The molecule has 5 nitrogen and oxygen atoms in total. The van der Waals surface area contributed by atoms with E-state index < -0.39 is 0 Å². The fourth-order valence-corrected chi connectivity index (χ4v) is 2.16. The molecular weight excluding hydrogens is 244 g/mol. The van der Waals surface area contributed by atoms with Crippen molar-refractivity contribution in [2.45, 2.75) is 26.2 Å². The number of carbonyl (C=O) groups excluding carboxylic acids is 2. The Kier molecular flexibility index (Phi) is 4.52. The number of hydroxylamine groups is 1. The molecule has 0 spiro atoms. The van der Waals surface area contributed by atoms with E-state index in [1.165, 1.54) is 0 Å². The fourth-order valence-electron chi connectivity index (χ4n) is 2.16. The van der Waals surface area contributed by atoms with Gasteiger partial charge in [-0.15, -0.1) is 0 Å². The second-order valence-electron chi connectivity index (χ2n) is 4.54. The zero-order valence-corrected chi connectivity index (χ0v) is 10.9. The van der Waals surface area contributed by atoms with E-state index in [9.17, 15) is 9.59 Å². The van der Waals surface area contributed by atoms with Crippen molar-refractivity contribution in [1.29, 1.82) is 0 Å². The van der Waals surface area contributed by atoms with Crippen molar-refractivity contribution in [3.05, 3.63) is 29.8 Å². The van der Waals surface area contributed by atoms with Crippen LogP contribution in [0.2, 0.25) is 0 Å². The predicted molar refractivity (Wildman–Crippen MR) is 71.3 cm³/mol. The largest absolute Gasteiger partial charge is 0.326 e. The van der Waals surface area contributed by atoms with Crippen LogP contribution in [-0.4, -0.2) is 18.4 Å². The molecule has 0 radical (unpaired) electrons. The van der Waals surface area contributed by atoms with Crippen LogP contribution in [0.4, 0.5) is 5.69 Å². The summed E-state index contributed by atoms with van der Waals surface area (Å²) in [4.78, 5) is 28.2. The number of nitrogens with one attached hydrogen (secondary N) is 2. The minimum atomic E-state index is -0.187. The van der Waals surface area contributed by atoms with E-state index in [4.69, 9.17) is 4.84 Å². The van der Waals surface area contributed by atoms with E-state index in [0.717, 1.165) is 11.3 Å². The molecule has 0 bridgehead atoms. The van der Waals surface area contributed by atoms with Crippen molar-refractivity contribution in [3.63, 3.8) is 0 Å². The molecule has 1 heterocycles. The van der Waals surface area contributed by atoms with E-state index in [2.05, 4.69) is 10.8 Å².